The zero-order valence-corrected chi connectivity index (χ0v) is 8.28. The smallest absolute Gasteiger partial charge is 0.137 e. The molecular weight excluding hydrogens is 150 g/mol. The van der Waals surface area contributed by atoms with Gasteiger partial charge < -0.3 is 0 Å². The lowest BCUT2D eigenvalue weighted by Crippen LogP contribution is -2.15. The molecular formula is C9H17N3. The first-order chi connectivity index (χ1) is 5.49. The fraction of sp³-hybridized carbons (Fsp3) is 0.778. The molecule has 0 bridgehead atoms. The van der Waals surface area contributed by atoms with E-state index in [1.165, 1.54) is 0 Å². The lowest BCUT2D eigenvalue weighted by atomic mass is 9.89. The van der Waals surface area contributed by atoms with Crippen LogP contribution in [0.4, 0.5) is 0 Å². The number of rotatable bonds is 2. The molecule has 0 radical (unpaired) electrons. The van der Waals surface area contributed by atoms with E-state index < -0.39 is 0 Å². The summed E-state index contributed by atoms with van der Waals surface area (Å²) in [4.78, 5) is 3.93. The Bertz CT molecular complexity index is 220. The van der Waals surface area contributed by atoms with E-state index in [0.29, 0.717) is 11.5 Å². The maximum Gasteiger partial charge on any atom is 0.137 e. The Kier molecular flexibility index (Phi) is 2.50. The Morgan fingerprint density at radius 1 is 1.42 bits per heavy atom. The first-order valence-electron chi connectivity index (χ1n) is 4.33. The Balaban J connectivity index is 2.56. The van der Waals surface area contributed by atoms with Crippen LogP contribution >= 0.6 is 0 Å². The molecule has 1 atom stereocenters. The van der Waals surface area contributed by atoms with Crippen molar-refractivity contribution in [3.63, 3.8) is 0 Å². The summed E-state index contributed by atoms with van der Waals surface area (Å²) < 4.78 is 1.91. The van der Waals surface area contributed by atoms with Crippen LogP contribution in [0.5, 0.6) is 0 Å². The second kappa shape index (κ2) is 3.25. The van der Waals surface area contributed by atoms with Crippen LogP contribution in [0.2, 0.25) is 0 Å². The molecule has 0 spiro atoms. The van der Waals surface area contributed by atoms with E-state index in [-0.39, 0.29) is 0 Å². The summed E-state index contributed by atoms with van der Waals surface area (Å²) in [6.07, 6.45) is 4.48. The highest BCUT2D eigenvalue weighted by molar-refractivity contribution is 4.71. The minimum absolute atomic E-state index is 0.353. The standard InChI is InChI=1S/C9H17N3/c1-8(5-9(2,3)4)12-7-10-6-11-12/h6-8H,5H2,1-4H3. The fourth-order valence-corrected chi connectivity index (χ4v) is 1.42. The molecule has 0 amide bonds. The van der Waals surface area contributed by atoms with Crippen LogP contribution in [-0.2, 0) is 0 Å². The largest absolute Gasteiger partial charge is 0.250 e. The molecule has 12 heavy (non-hydrogen) atoms. The molecule has 68 valence electrons. The third-order valence-corrected chi connectivity index (χ3v) is 1.80. The van der Waals surface area contributed by atoms with Crippen molar-refractivity contribution in [2.75, 3.05) is 0 Å². The molecule has 1 aromatic rings. The van der Waals surface area contributed by atoms with Gasteiger partial charge in [-0.1, -0.05) is 20.8 Å². The van der Waals surface area contributed by atoms with Gasteiger partial charge in [0.2, 0.25) is 0 Å². The topological polar surface area (TPSA) is 30.7 Å². The minimum Gasteiger partial charge on any atom is -0.250 e. The zero-order valence-electron chi connectivity index (χ0n) is 8.28. The molecule has 3 heteroatoms. The van der Waals surface area contributed by atoms with E-state index in [2.05, 4.69) is 37.8 Å². The van der Waals surface area contributed by atoms with Crippen molar-refractivity contribution in [2.45, 2.75) is 40.2 Å². The van der Waals surface area contributed by atoms with Gasteiger partial charge in [-0.3, -0.25) is 4.68 Å². The van der Waals surface area contributed by atoms with Crippen LogP contribution < -0.4 is 0 Å². The van der Waals surface area contributed by atoms with Crippen LogP contribution in [0, 0.1) is 5.41 Å². The molecule has 0 fully saturated rings. The molecule has 0 aliphatic heterocycles. The Labute approximate surface area is 73.8 Å². The molecule has 0 aromatic carbocycles. The summed E-state index contributed by atoms with van der Waals surface area (Å²) >= 11 is 0. The highest BCUT2D eigenvalue weighted by atomic mass is 15.3. The molecule has 1 heterocycles. The van der Waals surface area contributed by atoms with Crippen LogP contribution in [-0.4, -0.2) is 14.8 Å². The molecule has 0 aliphatic carbocycles. The van der Waals surface area contributed by atoms with E-state index in [0.717, 1.165) is 6.42 Å². The second-order valence-electron chi connectivity index (χ2n) is 4.49. The van der Waals surface area contributed by atoms with E-state index in [4.69, 9.17) is 0 Å². The van der Waals surface area contributed by atoms with Crippen LogP contribution in [0.25, 0.3) is 0 Å². The van der Waals surface area contributed by atoms with Crippen molar-refractivity contribution in [3.05, 3.63) is 12.7 Å². The molecule has 0 saturated carbocycles. The molecule has 0 saturated heterocycles. The van der Waals surface area contributed by atoms with Gasteiger partial charge in [0.1, 0.15) is 12.7 Å². The van der Waals surface area contributed by atoms with Gasteiger partial charge in [-0.2, -0.15) is 5.10 Å². The van der Waals surface area contributed by atoms with Gasteiger partial charge in [-0.05, 0) is 18.8 Å². The summed E-state index contributed by atoms with van der Waals surface area (Å²) in [6, 6.07) is 0.437. The van der Waals surface area contributed by atoms with Crippen molar-refractivity contribution in [1.29, 1.82) is 0 Å². The number of aromatic nitrogens is 3. The number of hydrogen-bond acceptors (Lipinski definition) is 2. The van der Waals surface area contributed by atoms with Gasteiger partial charge >= 0.3 is 0 Å². The van der Waals surface area contributed by atoms with Crippen LogP contribution in [0.15, 0.2) is 12.7 Å². The van der Waals surface area contributed by atoms with Crippen LogP contribution in [0.1, 0.15) is 40.2 Å². The summed E-state index contributed by atoms with van der Waals surface area (Å²) in [7, 11) is 0. The lowest BCUT2D eigenvalue weighted by Gasteiger charge is -2.22. The van der Waals surface area contributed by atoms with Crippen molar-refractivity contribution in [1.82, 2.24) is 14.8 Å². The van der Waals surface area contributed by atoms with E-state index in [1.807, 2.05) is 4.68 Å². The quantitative estimate of drug-likeness (QED) is 0.676. The van der Waals surface area contributed by atoms with Crippen molar-refractivity contribution in [2.24, 2.45) is 5.41 Å². The number of nitrogens with zero attached hydrogens (tertiary/aromatic N) is 3. The SMILES string of the molecule is CC(CC(C)(C)C)n1cncn1. The van der Waals surface area contributed by atoms with Gasteiger partial charge in [-0.25, -0.2) is 4.98 Å². The van der Waals surface area contributed by atoms with Gasteiger partial charge in [0, 0.05) is 0 Å². The molecule has 0 aliphatic rings. The molecule has 1 rings (SSSR count). The lowest BCUT2D eigenvalue weighted by molar-refractivity contribution is 0.292. The Morgan fingerprint density at radius 2 is 2.08 bits per heavy atom. The predicted octanol–water partition coefficient (Wildman–Crippen LogP) is 2.28. The van der Waals surface area contributed by atoms with Crippen molar-refractivity contribution >= 4 is 0 Å². The average Bonchev–Trinajstić information content (AvgIpc) is 2.32. The van der Waals surface area contributed by atoms with Crippen LogP contribution in [0.3, 0.4) is 0 Å². The maximum absolute atomic E-state index is 4.11. The third-order valence-electron chi connectivity index (χ3n) is 1.80. The summed E-state index contributed by atoms with van der Waals surface area (Å²) in [5.41, 5.74) is 0.353. The molecule has 0 N–H and O–H groups in total. The van der Waals surface area contributed by atoms with Crippen molar-refractivity contribution in [3.8, 4) is 0 Å². The van der Waals surface area contributed by atoms with Crippen molar-refractivity contribution < 1.29 is 0 Å². The highest BCUT2D eigenvalue weighted by Crippen LogP contribution is 2.26. The van der Waals surface area contributed by atoms with Gasteiger partial charge in [0.25, 0.3) is 0 Å². The second-order valence-corrected chi connectivity index (χ2v) is 4.49. The monoisotopic (exact) mass is 167 g/mol. The number of hydrogen-bond donors (Lipinski definition) is 0. The summed E-state index contributed by atoms with van der Waals surface area (Å²) in [6.45, 7) is 8.88. The Hall–Kier alpha value is -0.860. The first-order valence-corrected chi connectivity index (χ1v) is 4.33. The van der Waals surface area contributed by atoms with E-state index in [1.54, 1.807) is 12.7 Å². The normalized spacial score (nSPS) is 14.7. The summed E-state index contributed by atoms with van der Waals surface area (Å²) in [5.74, 6) is 0. The first kappa shape index (κ1) is 9.23. The van der Waals surface area contributed by atoms with Gasteiger partial charge in [0.15, 0.2) is 0 Å². The highest BCUT2D eigenvalue weighted by Gasteiger charge is 2.16. The van der Waals surface area contributed by atoms with E-state index in [9.17, 15) is 0 Å². The average molecular weight is 167 g/mol. The predicted molar refractivity (Wildman–Crippen MR) is 48.8 cm³/mol. The zero-order chi connectivity index (χ0) is 9.19. The van der Waals surface area contributed by atoms with Gasteiger partial charge in [0.05, 0.1) is 6.04 Å². The third kappa shape index (κ3) is 2.64. The fourth-order valence-electron chi connectivity index (χ4n) is 1.42. The minimum atomic E-state index is 0.353. The maximum atomic E-state index is 4.11. The van der Waals surface area contributed by atoms with Gasteiger partial charge in [-0.15, -0.1) is 0 Å². The summed E-state index contributed by atoms with van der Waals surface area (Å²) in [5, 5.41) is 4.11. The molecule has 1 unspecified atom stereocenters. The van der Waals surface area contributed by atoms with E-state index >= 15 is 0 Å². The molecule has 3 nitrogen and oxygen atoms in total. The molecule has 1 aromatic heterocycles. The Morgan fingerprint density at radius 3 is 2.50 bits per heavy atom.